The lowest BCUT2D eigenvalue weighted by Gasteiger charge is -2.03. The zero-order valence-corrected chi connectivity index (χ0v) is 14.9. The van der Waals surface area contributed by atoms with E-state index in [9.17, 15) is 20.5 Å². The van der Waals surface area contributed by atoms with Crippen LogP contribution in [0.1, 0.15) is 10.6 Å². The second kappa shape index (κ2) is 7.68. The molecule has 7 nitrogen and oxygen atoms in total. The van der Waals surface area contributed by atoms with E-state index in [4.69, 9.17) is 4.74 Å². The van der Waals surface area contributed by atoms with Gasteiger partial charge in [0.25, 0.3) is 5.69 Å². The summed E-state index contributed by atoms with van der Waals surface area (Å²) in [4.78, 5) is 14.9. The van der Waals surface area contributed by atoms with Crippen LogP contribution in [0.25, 0.3) is 22.9 Å². The Kier molecular flexibility index (Phi) is 5.15. The highest BCUT2D eigenvalue weighted by Gasteiger charge is 2.12. The lowest BCUT2D eigenvalue weighted by molar-refractivity contribution is -0.384. The van der Waals surface area contributed by atoms with Crippen LogP contribution in [0, 0.1) is 21.4 Å². The number of phenolic OH excluding ortho intramolecular Hbond substituents is 1. The van der Waals surface area contributed by atoms with E-state index in [1.165, 1.54) is 36.6 Å². The van der Waals surface area contributed by atoms with Gasteiger partial charge in [0, 0.05) is 23.1 Å². The molecule has 0 fully saturated rings. The monoisotopic (exact) mass is 379 g/mol. The first-order chi connectivity index (χ1) is 13.0. The first kappa shape index (κ1) is 18.1. The minimum Gasteiger partial charge on any atom is -0.504 e. The molecule has 27 heavy (non-hydrogen) atoms. The molecule has 1 N–H and O–H groups in total. The lowest BCUT2D eigenvalue weighted by atomic mass is 10.1. The Labute approximate surface area is 158 Å². The fraction of sp³-hybridized carbons (Fsp3) is 0.0526. The summed E-state index contributed by atoms with van der Waals surface area (Å²) in [5.74, 6) is 0.313. The molecular formula is C19H13N3O4S. The molecule has 0 aliphatic heterocycles. The molecule has 134 valence electrons. The van der Waals surface area contributed by atoms with Crippen LogP contribution < -0.4 is 4.74 Å². The normalized spacial score (nSPS) is 11.0. The number of non-ortho nitro benzene ring substituents is 1. The van der Waals surface area contributed by atoms with Gasteiger partial charge in [0.2, 0.25) is 0 Å². The number of aromatic nitrogens is 1. The van der Waals surface area contributed by atoms with Crippen molar-refractivity contribution in [3.8, 4) is 28.8 Å². The molecule has 2 aromatic carbocycles. The average molecular weight is 379 g/mol. The number of allylic oxidation sites excluding steroid dienone is 1. The first-order valence-electron chi connectivity index (χ1n) is 7.71. The standard InChI is InChI=1S/C19H13N3O4S/c1-26-18-6-5-12(8-17(18)23)7-14(10-20)19-21-16(11-27-19)13-3-2-4-15(9-13)22(24)25/h2-9,11,23H,1H3/b14-7+. The van der Waals surface area contributed by atoms with Crippen LogP contribution in [0.3, 0.4) is 0 Å². The summed E-state index contributed by atoms with van der Waals surface area (Å²) in [6.45, 7) is 0. The number of nitriles is 1. The summed E-state index contributed by atoms with van der Waals surface area (Å²) >= 11 is 1.26. The Morgan fingerprint density at radius 2 is 2.19 bits per heavy atom. The summed E-state index contributed by atoms with van der Waals surface area (Å²) in [7, 11) is 1.45. The number of methoxy groups -OCH3 is 1. The number of nitrogens with zero attached hydrogens (tertiary/aromatic N) is 3. The third-order valence-electron chi connectivity index (χ3n) is 3.72. The predicted molar refractivity (Wildman–Crippen MR) is 102 cm³/mol. The van der Waals surface area contributed by atoms with Gasteiger partial charge in [-0.25, -0.2) is 4.98 Å². The van der Waals surface area contributed by atoms with Gasteiger partial charge >= 0.3 is 0 Å². The highest BCUT2D eigenvalue weighted by Crippen LogP contribution is 2.31. The topological polar surface area (TPSA) is 109 Å². The van der Waals surface area contributed by atoms with Gasteiger partial charge in [0.1, 0.15) is 11.1 Å². The van der Waals surface area contributed by atoms with Crippen LogP contribution in [-0.4, -0.2) is 22.1 Å². The van der Waals surface area contributed by atoms with Crippen molar-refractivity contribution in [1.82, 2.24) is 4.98 Å². The molecule has 0 spiro atoms. The third kappa shape index (κ3) is 3.94. The Morgan fingerprint density at radius 3 is 2.85 bits per heavy atom. The molecule has 0 bridgehead atoms. The maximum atomic E-state index is 10.9. The van der Waals surface area contributed by atoms with Gasteiger partial charge in [-0.1, -0.05) is 18.2 Å². The van der Waals surface area contributed by atoms with Crippen molar-refractivity contribution in [2.24, 2.45) is 0 Å². The maximum absolute atomic E-state index is 10.9. The number of hydrogen-bond acceptors (Lipinski definition) is 7. The Morgan fingerprint density at radius 1 is 1.37 bits per heavy atom. The van der Waals surface area contributed by atoms with Crippen LogP contribution in [0.2, 0.25) is 0 Å². The highest BCUT2D eigenvalue weighted by molar-refractivity contribution is 7.11. The number of phenols is 1. The maximum Gasteiger partial charge on any atom is 0.270 e. The third-order valence-corrected chi connectivity index (χ3v) is 4.60. The summed E-state index contributed by atoms with van der Waals surface area (Å²) in [5, 5.41) is 32.5. The smallest absolute Gasteiger partial charge is 0.270 e. The van der Waals surface area contributed by atoms with Crippen LogP contribution >= 0.6 is 11.3 Å². The second-order valence-corrected chi connectivity index (χ2v) is 6.30. The van der Waals surface area contributed by atoms with Gasteiger partial charge in [-0.2, -0.15) is 5.26 Å². The minimum atomic E-state index is -0.465. The summed E-state index contributed by atoms with van der Waals surface area (Å²) in [6, 6.07) is 13.1. The first-order valence-corrected chi connectivity index (χ1v) is 8.59. The molecule has 8 heteroatoms. The van der Waals surface area contributed by atoms with E-state index in [0.29, 0.717) is 33.2 Å². The molecule has 0 radical (unpaired) electrons. The number of nitro groups is 1. The zero-order chi connectivity index (χ0) is 19.4. The van der Waals surface area contributed by atoms with E-state index in [1.54, 1.807) is 35.7 Å². The number of hydrogen-bond donors (Lipinski definition) is 1. The van der Waals surface area contributed by atoms with Crippen molar-refractivity contribution < 1.29 is 14.8 Å². The van der Waals surface area contributed by atoms with Crippen molar-refractivity contribution in [3.63, 3.8) is 0 Å². The summed E-state index contributed by atoms with van der Waals surface area (Å²) in [5.41, 5.74) is 2.08. The molecule has 3 aromatic rings. The molecule has 0 aliphatic rings. The number of ether oxygens (including phenoxy) is 1. The number of rotatable bonds is 5. The minimum absolute atomic E-state index is 0.0215. The van der Waals surface area contributed by atoms with Crippen molar-refractivity contribution in [1.29, 1.82) is 5.26 Å². The summed E-state index contributed by atoms with van der Waals surface area (Å²) < 4.78 is 5.00. The molecule has 1 heterocycles. The van der Waals surface area contributed by atoms with E-state index in [0.717, 1.165) is 0 Å². The fourth-order valence-electron chi connectivity index (χ4n) is 2.41. The average Bonchev–Trinajstić information content (AvgIpc) is 3.16. The molecule has 0 saturated carbocycles. The van der Waals surface area contributed by atoms with E-state index in [2.05, 4.69) is 11.1 Å². The Balaban J connectivity index is 1.94. The summed E-state index contributed by atoms with van der Waals surface area (Å²) in [6.07, 6.45) is 1.61. The van der Waals surface area contributed by atoms with Crippen molar-refractivity contribution >= 4 is 28.7 Å². The van der Waals surface area contributed by atoms with Gasteiger partial charge in [-0.3, -0.25) is 10.1 Å². The van der Waals surface area contributed by atoms with E-state index in [-0.39, 0.29) is 11.4 Å². The van der Waals surface area contributed by atoms with Crippen molar-refractivity contribution in [2.75, 3.05) is 7.11 Å². The molecule has 3 rings (SSSR count). The van der Waals surface area contributed by atoms with Crippen LogP contribution in [0.5, 0.6) is 11.5 Å². The molecule has 0 aliphatic carbocycles. The largest absolute Gasteiger partial charge is 0.504 e. The Bertz CT molecular complexity index is 1080. The predicted octanol–water partition coefficient (Wildman–Crippen LogP) is 4.50. The van der Waals surface area contributed by atoms with E-state index >= 15 is 0 Å². The molecular weight excluding hydrogens is 366 g/mol. The van der Waals surface area contributed by atoms with Gasteiger partial charge in [0.05, 0.1) is 23.3 Å². The van der Waals surface area contributed by atoms with Crippen molar-refractivity contribution in [2.45, 2.75) is 0 Å². The van der Waals surface area contributed by atoms with E-state index < -0.39 is 4.92 Å². The van der Waals surface area contributed by atoms with Gasteiger partial charge < -0.3 is 9.84 Å². The van der Waals surface area contributed by atoms with Crippen LogP contribution in [0.15, 0.2) is 47.8 Å². The number of benzene rings is 2. The molecule has 0 unspecified atom stereocenters. The lowest BCUT2D eigenvalue weighted by Crippen LogP contribution is -1.88. The Hall–Kier alpha value is -3.70. The van der Waals surface area contributed by atoms with Gasteiger partial charge in [-0.15, -0.1) is 11.3 Å². The van der Waals surface area contributed by atoms with Crippen LogP contribution in [0.4, 0.5) is 5.69 Å². The van der Waals surface area contributed by atoms with Crippen LogP contribution in [-0.2, 0) is 0 Å². The second-order valence-electron chi connectivity index (χ2n) is 5.45. The fourth-order valence-corrected chi connectivity index (χ4v) is 3.21. The number of aromatic hydroxyl groups is 1. The van der Waals surface area contributed by atoms with Gasteiger partial charge in [-0.05, 0) is 23.8 Å². The van der Waals surface area contributed by atoms with Gasteiger partial charge in [0.15, 0.2) is 11.5 Å². The van der Waals surface area contributed by atoms with Crippen molar-refractivity contribution in [3.05, 3.63) is 68.5 Å². The molecule has 0 atom stereocenters. The van der Waals surface area contributed by atoms with E-state index in [1.807, 2.05) is 0 Å². The number of nitro benzene ring substituents is 1. The molecule has 1 aromatic heterocycles. The molecule has 0 saturated heterocycles. The highest BCUT2D eigenvalue weighted by atomic mass is 32.1. The SMILES string of the molecule is COc1ccc(/C=C(\C#N)c2nc(-c3cccc([N+](=O)[O-])c3)cs2)cc1O. The number of thiazole rings is 1. The quantitative estimate of drug-likeness (QED) is 0.397. The zero-order valence-electron chi connectivity index (χ0n) is 14.1. The molecule has 0 amide bonds.